The summed E-state index contributed by atoms with van der Waals surface area (Å²) in [5, 5.41) is 0. The maximum absolute atomic E-state index is 5.79. The van der Waals surface area contributed by atoms with Crippen LogP contribution >= 0.6 is 0 Å². The van der Waals surface area contributed by atoms with E-state index in [1.54, 1.807) is 0 Å². The molecule has 0 heterocycles. The predicted molar refractivity (Wildman–Crippen MR) is 121 cm³/mol. The van der Waals surface area contributed by atoms with Crippen molar-refractivity contribution < 1.29 is 4.74 Å². The highest BCUT2D eigenvalue weighted by Gasteiger charge is 1.97. The van der Waals surface area contributed by atoms with Gasteiger partial charge >= 0.3 is 0 Å². The number of hydrogen-bond donors (Lipinski definition) is 0. The van der Waals surface area contributed by atoms with Gasteiger partial charge in [-0.25, -0.2) is 0 Å². The minimum atomic E-state index is 0.800. The van der Waals surface area contributed by atoms with Gasteiger partial charge in [0.25, 0.3) is 0 Å². The fourth-order valence-electron chi connectivity index (χ4n) is 3.13. The quantitative estimate of drug-likeness (QED) is 0.293. The first-order valence-corrected chi connectivity index (χ1v) is 11.0. The number of unbranched alkanes of at least 4 members (excludes halogenated alkanes) is 4. The van der Waals surface area contributed by atoms with Crippen LogP contribution in [0.4, 0.5) is 0 Å². The molecular formula is C27H36O. The Bertz CT molecular complexity index is 714. The minimum absolute atomic E-state index is 0.800. The molecule has 2 aromatic carbocycles. The zero-order valence-electron chi connectivity index (χ0n) is 18.0. The fourth-order valence-corrected chi connectivity index (χ4v) is 3.13. The van der Waals surface area contributed by atoms with E-state index in [1.165, 1.54) is 50.5 Å². The second-order valence-electron chi connectivity index (χ2n) is 8.02. The SMILES string of the molecule is CCCCCCOc1ccc(C#Cc2ccc(CCCCC(C)C)cc2)cc1. The van der Waals surface area contributed by atoms with Crippen molar-refractivity contribution in [1.82, 2.24) is 0 Å². The predicted octanol–water partition coefficient (Wildman–Crippen LogP) is 7.41. The van der Waals surface area contributed by atoms with Gasteiger partial charge in [-0.1, -0.05) is 76.8 Å². The molecule has 0 aromatic heterocycles. The highest BCUT2D eigenvalue weighted by Crippen LogP contribution is 2.14. The maximum atomic E-state index is 5.79. The van der Waals surface area contributed by atoms with Gasteiger partial charge < -0.3 is 4.74 Å². The summed E-state index contributed by atoms with van der Waals surface area (Å²) in [6.45, 7) is 7.62. The summed E-state index contributed by atoms with van der Waals surface area (Å²) in [5.74, 6) is 8.26. The van der Waals surface area contributed by atoms with Crippen LogP contribution in [0.5, 0.6) is 5.75 Å². The van der Waals surface area contributed by atoms with Gasteiger partial charge in [0.1, 0.15) is 5.75 Å². The van der Waals surface area contributed by atoms with E-state index < -0.39 is 0 Å². The van der Waals surface area contributed by atoms with Gasteiger partial charge in [-0.2, -0.15) is 0 Å². The highest BCUT2D eigenvalue weighted by molar-refractivity contribution is 5.44. The molecule has 0 aliphatic rings. The van der Waals surface area contributed by atoms with Gasteiger partial charge in [0.05, 0.1) is 6.61 Å². The summed E-state index contributed by atoms with van der Waals surface area (Å²) in [5.41, 5.74) is 3.51. The molecule has 2 aromatic rings. The Morgan fingerprint density at radius 1 is 0.750 bits per heavy atom. The Kier molecular flexibility index (Phi) is 10.3. The van der Waals surface area contributed by atoms with Crippen LogP contribution in [0.3, 0.4) is 0 Å². The second kappa shape index (κ2) is 13.1. The zero-order valence-corrected chi connectivity index (χ0v) is 18.0. The third kappa shape index (κ3) is 9.14. The Morgan fingerprint density at radius 3 is 2.00 bits per heavy atom. The molecule has 0 aliphatic heterocycles. The average Bonchev–Trinajstić information content (AvgIpc) is 2.71. The molecule has 0 fully saturated rings. The first kappa shape index (κ1) is 22.1. The molecule has 0 saturated carbocycles. The maximum Gasteiger partial charge on any atom is 0.119 e. The molecule has 1 nitrogen and oxygen atoms in total. The fraction of sp³-hybridized carbons (Fsp3) is 0.481. The summed E-state index contributed by atoms with van der Waals surface area (Å²) >= 11 is 0. The van der Waals surface area contributed by atoms with Crippen LogP contribution in [-0.4, -0.2) is 6.61 Å². The molecule has 0 amide bonds. The molecule has 0 radical (unpaired) electrons. The summed E-state index contributed by atoms with van der Waals surface area (Å²) in [6.07, 6.45) is 10.0. The third-order valence-electron chi connectivity index (χ3n) is 4.92. The number of benzene rings is 2. The van der Waals surface area contributed by atoms with Crippen molar-refractivity contribution in [2.45, 2.75) is 72.1 Å². The Hall–Kier alpha value is -2.20. The van der Waals surface area contributed by atoms with Gasteiger partial charge in [0, 0.05) is 11.1 Å². The van der Waals surface area contributed by atoms with E-state index in [0.717, 1.165) is 35.8 Å². The van der Waals surface area contributed by atoms with Crippen LogP contribution in [0.15, 0.2) is 48.5 Å². The lowest BCUT2D eigenvalue weighted by molar-refractivity contribution is 0.305. The monoisotopic (exact) mass is 376 g/mol. The van der Waals surface area contributed by atoms with Crippen LogP contribution in [0, 0.1) is 17.8 Å². The van der Waals surface area contributed by atoms with Crippen LogP contribution in [0.2, 0.25) is 0 Å². The van der Waals surface area contributed by atoms with E-state index >= 15 is 0 Å². The van der Waals surface area contributed by atoms with Crippen molar-refractivity contribution in [1.29, 1.82) is 0 Å². The van der Waals surface area contributed by atoms with E-state index in [1.807, 2.05) is 24.3 Å². The van der Waals surface area contributed by atoms with Crippen molar-refractivity contribution in [2.24, 2.45) is 5.92 Å². The molecule has 2 rings (SSSR count). The van der Waals surface area contributed by atoms with Crippen molar-refractivity contribution in [3.63, 3.8) is 0 Å². The first-order valence-electron chi connectivity index (χ1n) is 11.0. The van der Waals surface area contributed by atoms with Crippen molar-refractivity contribution in [3.8, 4) is 17.6 Å². The Morgan fingerprint density at radius 2 is 1.39 bits per heavy atom. The Labute approximate surface area is 172 Å². The lowest BCUT2D eigenvalue weighted by Gasteiger charge is -2.05. The molecule has 150 valence electrons. The third-order valence-corrected chi connectivity index (χ3v) is 4.92. The van der Waals surface area contributed by atoms with Gasteiger partial charge in [0.2, 0.25) is 0 Å². The van der Waals surface area contributed by atoms with E-state index in [2.05, 4.69) is 56.9 Å². The van der Waals surface area contributed by atoms with E-state index in [0.29, 0.717) is 0 Å². The van der Waals surface area contributed by atoms with Crippen molar-refractivity contribution in [2.75, 3.05) is 6.61 Å². The molecule has 0 spiro atoms. The Balaban J connectivity index is 1.77. The topological polar surface area (TPSA) is 9.23 Å². The number of rotatable bonds is 11. The van der Waals surface area contributed by atoms with Gasteiger partial charge in [-0.3, -0.25) is 0 Å². The van der Waals surface area contributed by atoms with E-state index in [4.69, 9.17) is 4.74 Å². The largest absolute Gasteiger partial charge is 0.494 e. The van der Waals surface area contributed by atoms with E-state index in [9.17, 15) is 0 Å². The lowest BCUT2D eigenvalue weighted by Crippen LogP contribution is -1.96. The van der Waals surface area contributed by atoms with Crippen molar-refractivity contribution >= 4 is 0 Å². The van der Waals surface area contributed by atoms with E-state index in [-0.39, 0.29) is 0 Å². The highest BCUT2D eigenvalue weighted by atomic mass is 16.5. The van der Waals surface area contributed by atoms with Crippen LogP contribution in [0.1, 0.15) is 82.4 Å². The zero-order chi connectivity index (χ0) is 20.0. The van der Waals surface area contributed by atoms with Crippen LogP contribution in [-0.2, 0) is 6.42 Å². The molecule has 0 unspecified atom stereocenters. The van der Waals surface area contributed by atoms with Crippen LogP contribution in [0.25, 0.3) is 0 Å². The lowest BCUT2D eigenvalue weighted by atomic mass is 10.0. The molecule has 1 heteroatoms. The van der Waals surface area contributed by atoms with Gasteiger partial charge in [0.15, 0.2) is 0 Å². The minimum Gasteiger partial charge on any atom is -0.494 e. The van der Waals surface area contributed by atoms with Gasteiger partial charge in [-0.15, -0.1) is 0 Å². The van der Waals surface area contributed by atoms with Gasteiger partial charge in [-0.05, 0) is 67.1 Å². The summed E-state index contributed by atoms with van der Waals surface area (Å²) in [7, 11) is 0. The molecule has 28 heavy (non-hydrogen) atoms. The molecular weight excluding hydrogens is 340 g/mol. The number of hydrogen-bond acceptors (Lipinski definition) is 1. The van der Waals surface area contributed by atoms with Crippen LogP contribution < -0.4 is 4.74 Å². The number of aryl methyl sites for hydroxylation is 1. The number of ether oxygens (including phenoxy) is 1. The molecule has 0 aliphatic carbocycles. The summed E-state index contributed by atoms with van der Waals surface area (Å²) in [4.78, 5) is 0. The smallest absolute Gasteiger partial charge is 0.119 e. The summed E-state index contributed by atoms with van der Waals surface area (Å²) < 4.78 is 5.79. The van der Waals surface area contributed by atoms with Crippen molar-refractivity contribution in [3.05, 3.63) is 65.2 Å². The normalized spacial score (nSPS) is 10.6. The first-order chi connectivity index (χ1) is 13.7. The molecule has 0 saturated heterocycles. The molecule has 0 atom stereocenters. The molecule has 0 N–H and O–H groups in total. The summed E-state index contributed by atoms with van der Waals surface area (Å²) in [6, 6.07) is 16.8. The second-order valence-corrected chi connectivity index (χ2v) is 8.02. The molecule has 0 bridgehead atoms. The standard InChI is InChI=1S/C27H36O/c1-4-5-6-9-22-28-27-20-18-26(19-21-27)17-16-25-14-12-24(13-15-25)11-8-7-10-23(2)3/h12-15,18-21,23H,4-11,22H2,1-3H3. The average molecular weight is 377 g/mol.